The molecule has 0 unspecified atom stereocenters. The first kappa shape index (κ1) is 37.8. The number of hydroxylamine groups is 2. The van der Waals surface area contributed by atoms with E-state index in [-0.39, 0.29) is 35.7 Å². The first-order valence-corrected chi connectivity index (χ1v) is 18.1. The number of halogens is 1. The quantitative estimate of drug-likeness (QED) is 0.0576. The summed E-state index contributed by atoms with van der Waals surface area (Å²) in [6, 6.07) is 3.63. The highest BCUT2D eigenvalue weighted by Gasteiger charge is 2.58. The summed E-state index contributed by atoms with van der Waals surface area (Å²) >= 11 is 0.952. The molecule has 2 amide bonds. The van der Waals surface area contributed by atoms with Gasteiger partial charge in [0.2, 0.25) is 0 Å². The summed E-state index contributed by atoms with van der Waals surface area (Å²) in [5.41, 5.74) is 13.4. The van der Waals surface area contributed by atoms with E-state index < -0.39 is 62.8 Å². The van der Waals surface area contributed by atoms with Crippen molar-refractivity contribution in [1.29, 1.82) is 0 Å². The highest BCUT2D eigenvalue weighted by molar-refractivity contribution is 7.80. The maximum absolute atomic E-state index is 14.5. The van der Waals surface area contributed by atoms with Crippen LogP contribution in [0.15, 0.2) is 33.7 Å². The Kier molecular flexibility index (Phi) is 10.3. The topological polar surface area (TPSA) is 284 Å². The third kappa shape index (κ3) is 7.91. The molecule has 3 atom stereocenters. The number of alkyl halides is 1. The number of anilines is 1. The maximum Gasteiger partial charge on any atom is 0.418 e. The van der Waals surface area contributed by atoms with Crippen LogP contribution in [0.5, 0.6) is 5.75 Å². The number of ether oxygens (including phenoxy) is 1. The van der Waals surface area contributed by atoms with Crippen LogP contribution in [0.2, 0.25) is 0 Å². The van der Waals surface area contributed by atoms with Crippen molar-refractivity contribution < 1.29 is 50.7 Å². The number of nitrogens with zero attached hydrogens (tertiary/aromatic N) is 4. The average molecular weight is 755 g/mol. The molecule has 1 saturated carbocycles. The van der Waals surface area contributed by atoms with Gasteiger partial charge < -0.3 is 37.2 Å². The molecule has 2 aliphatic heterocycles. The van der Waals surface area contributed by atoms with Crippen molar-refractivity contribution in [3.8, 4) is 5.75 Å². The van der Waals surface area contributed by atoms with Crippen LogP contribution >= 0.6 is 11.3 Å². The standard InChI is InChI=1S/C30H39FN8O10S2/c1-28(2)22(25(41)39(28)49-51(44,45)46)37-24(40)21(18-13-50-27(34)36-18)38-48-29(3,26(42)43)20-7-5-15-12-16(4-6-19(15)47-20)23(33)35-17-8-10-30(31,14-32)11-9-17/h4,6,12-13,17,20,22H,5,7-11,14,32H2,1-3H3,(H2,33,35)(H2,34,36)(H,37,40)(H,42,43)(H,44,45,46)/b38-21-/t17?,20-,22-,29+,30?/m1/s1. The third-order valence-electron chi connectivity index (χ3n) is 9.31. The molecule has 3 aliphatic rings. The van der Waals surface area contributed by atoms with Crippen LogP contribution in [0.4, 0.5) is 9.52 Å². The van der Waals surface area contributed by atoms with Gasteiger partial charge in [-0.2, -0.15) is 13.5 Å². The van der Waals surface area contributed by atoms with Crippen LogP contribution in [-0.4, -0.2) is 99.0 Å². The Morgan fingerprint density at radius 2 is 1.96 bits per heavy atom. The summed E-state index contributed by atoms with van der Waals surface area (Å²) in [5.74, 6) is -2.84. The number of aliphatic imine (C=N–C) groups is 1. The Morgan fingerprint density at radius 1 is 1.27 bits per heavy atom. The number of thiazole rings is 1. The molecule has 18 nitrogen and oxygen atoms in total. The summed E-state index contributed by atoms with van der Waals surface area (Å²) in [5, 5.41) is 18.3. The summed E-state index contributed by atoms with van der Waals surface area (Å²) in [6.45, 7) is 3.92. The number of nitrogens with two attached hydrogens (primary N) is 3. The molecule has 5 rings (SSSR count). The van der Waals surface area contributed by atoms with Gasteiger partial charge in [-0.05, 0) is 83.1 Å². The lowest BCUT2D eigenvalue weighted by Crippen LogP contribution is -2.76. The van der Waals surface area contributed by atoms with E-state index in [1.54, 1.807) is 18.2 Å². The molecule has 9 N–H and O–H groups in total. The Hall–Kier alpha value is -4.44. The summed E-state index contributed by atoms with van der Waals surface area (Å²) in [6.07, 6.45) is 1.10. The summed E-state index contributed by atoms with van der Waals surface area (Å²) in [4.78, 5) is 53.0. The SMILES string of the molecule is CC1(C)[C@H](NC(=O)/C(=N\O[C@](C)(C(=O)O)[C@H]2CCc3cc(C(N)=NC4CCC(F)(CN)CC4)ccc3O2)c2csc(N)n2)C(=O)N1OS(=O)(=O)O. The second-order valence-electron chi connectivity index (χ2n) is 13.3. The number of nitrogens with one attached hydrogen (secondary N) is 1. The summed E-state index contributed by atoms with van der Waals surface area (Å²) in [7, 11) is -5.04. The van der Waals surface area contributed by atoms with E-state index in [4.69, 9.17) is 31.3 Å². The minimum atomic E-state index is -5.04. The molecule has 1 aromatic carbocycles. The summed E-state index contributed by atoms with van der Waals surface area (Å²) < 4.78 is 56.3. The van der Waals surface area contributed by atoms with Gasteiger partial charge in [0.25, 0.3) is 17.4 Å². The number of amidine groups is 1. The van der Waals surface area contributed by atoms with Crippen molar-refractivity contribution in [1.82, 2.24) is 15.4 Å². The van der Waals surface area contributed by atoms with Crippen molar-refractivity contribution in [2.24, 2.45) is 21.6 Å². The van der Waals surface area contributed by atoms with E-state index in [9.17, 15) is 32.3 Å². The smallest absolute Gasteiger partial charge is 0.418 e. The van der Waals surface area contributed by atoms with E-state index in [0.29, 0.717) is 48.5 Å². The Labute approximate surface area is 296 Å². The number of carboxylic acid groups (broad SMARTS) is 1. The number of fused-ring (bicyclic) bond motifs is 1. The number of nitrogen functional groups attached to an aromatic ring is 1. The normalized spacial score (nSPS) is 26.3. The van der Waals surface area contributed by atoms with E-state index in [0.717, 1.165) is 16.9 Å². The van der Waals surface area contributed by atoms with Crippen LogP contribution in [-0.2, 0) is 40.3 Å². The lowest BCUT2D eigenvalue weighted by atomic mass is 9.84. The molecule has 0 bridgehead atoms. The highest BCUT2D eigenvalue weighted by Crippen LogP contribution is 2.36. The molecule has 2 aromatic rings. The van der Waals surface area contributed by atoms with Crippen LogP contribution in [0, 0.1) is 0 Å². The van der Waals surface area contributed by atoms with Gasteiger partial charge in [0, 0.05) is 17.5 Å². The molecule has 2 fully saturated rings. The number of amides is 2. The lowest BCUT2D eigenvalue weighted by Gasteiger charge is -2.50. The first-order chi connectivity index (χ1) is 23.8. The van der Waals surface area contributed by atoms with Gasteiger partial charge in [-0.25, -0.2) is 14.2 Å². The van der Waals surface area contributed by atoms with E-state index in [1.165, 1.54) is 26.2 Å². The largest absolute Gasteiger partial charge is 0.485 e. The van der Waals surface area contributed by atoms with Crippen molar-refractivity contribution >= 4 is 56.2 Å². The number of hydrogen-bond donors (Lipinski definition) is 6. The van der Waals surface area contributed by atoms with Crippen molar-refractivity contribution in [2.45, 2.75) is 94.3 Å². The molecule has 3 heterocycles. The number of carbonyl (C=O) groups excluding carboxylic acids is 2. The predicted molar refractivity (Wildman–Crippen MR) is 181 cm³/mol. The second-order valence-corrected chi connectivity index (χ2v) is 15.2. The van der Waals surface area contributed by atoms with Gasteiger partial charge in [-0.15, -0.1) is 15.6 Å². The van der Waals surface area contributed by atoms with E-state index in [2.05, 4.69) is 24.7 Å². The van der Waals surface area contributed by atoms with Crippen LogP contribution < -0.4 is 27.3 Å². The van der Waals surface area contributed by atoms with Gasteiger partial charge in [0.15, 0.2) is 16.9 Å². The zero-order valence-electron chi connectivity index (χ0n) is 27.9. The Bertz CT molecular complexity index is 1880. The predicted octanol–water partition coefficient (Wildman–Crippen LogP) is 0.838. The fraction of sp³-hybridized carbons (Fsp3) is 0.533. The van der Waals surface area contributed by atoms with Gasteiger partial charge >= 0.3 is 16.4 Å². The Balaban J connectivity index is 1.32. The third-order valence-corrected chi connectivity index (χ3v) is 10.3. The minimum Gasteiger partial charge on any atom is -0.485 e. The number of carbonyl (C=O) groups is 3. The lowest BCUT2D eigenvalue weighted by molar-refractivity contribution is -0.218. The van der Waals surface area contributed by atoms with Crippen LogP contribution in [0.3, 0.4) is 0 Å². The molecular formula is C30H39FN8O10S2. The fourth-order valence-corrected chi connectivity index (χ4v) is 7.06. The molecule has 278 valence electrons. The number of oxime groups is 1. The number of aromatic nitrogens is 1. The zero-order chi connectivity index (χ0) is 37.5. The molecule has 0 spiro atoms. The Morgan fingerprint density at radius 3 is 2.53 bits per heavy atom. The van der Waals surface area contributed by atoms with Crippen molar-refractivity contribution in [3.05, 3.63) is 40.4 Å². The monoisotopic (exact) mass is 754 g/mol. The molecule has 21 heteroatoms. The average Bonchev–Trinajstić information content (AvgIpc) is 3.51. The number of aliphatic carboxylic acids is 1. The number of carboxylic acids is 1. The van der Waals surface area contributed by atoms with Gasteiger partial charge in [0.1, 0.15) is 29.0 Å². The molecule has 51 heavy (non-hydrogen) atoms. The maximum atomic E-state index is 14.5. The molecule has 1 aliphatic carbocycles. The number of aryl methyl sites for hydroxylation is 1. The van der Waals surface area contributed by atoms with E-state index in [1.807, 2.05) is 0 Å². The molecule has 0 radical (unpaired) electrons. The number of β-lactam (4-membered cyclic amide) rings is 1. The number of benzene rings is 1. The fourth-order valence-electron chi connectivity index (χ4n) is 6.06. The van der Waals surface area contributed by atoms with Crippen molar-refractivity contribution in [2.75, 3.05) is 12.3 Å². The molecule has 1 saturated heterocycles. The number of hydrogen-bond acceptors (Lipinski definition) is 14. The van der Waals surface area contributed by atoms with Crippen LogP contribution in [0.25, 0.3) is 0 Å². The van der Waals surface area contributed by atoms with Gasteiger partial charge in [0.05, 0.1) is 11.6 Å². The van der Waals surface area contributed by atoms with Crippen molar-refractivity contribution in [3.63, 3.8) is 0 Å². The highest BCUT2D eigenvalue weighted by atomic mass is 32.3. The second kappa shape index (κ2) is 13.9. The zero-order valence-corrected chi connectivity index (χ0v) is 29.5. The van der Waals surface area contributed by atoms with E-state index >= 15 is 0 Å². The first-order valence-electron chi connectivity index (χ1n) is 15.8. The molecular weight excluding hydrogens is 716 g/mol. The number of rotatable bonds is 12. The molecule has 1 aromatic heterocycles. The minimum absolute atomic E-state index is 0.0271. The van der Waals surface area contributed by atoms with Gasteiger partial charge in [-0.1, -0.05) is 5.16 Å². The van der Waals surface area contributed by atoms with Crippen LogP contribution in [0.1, 0.15) is 69.7 Å². The van der Waals surface area contributed by atoms with Gasteiger partial charge in [-0.3, -0.25) is 19.1 Å².